The van der Waals surface area contributed by atoms with Gasteiger partial charge in [-0.1, -0.05) is 0 Å². The minimum atomic E-state index is -2.74. The van der Waals surface area contributed by atoms with Gasteiger partial charge in [0.25, 0.3) is 0 Å². The summed E-state index contributed by atoms with van der Waals surface area (Å²) in [4.78, 5) is 2.47. The van der Waals surface area contributed by atoms with Gasteiger partial charge in [0.2, 0.25) is 0 Å². The number of piperidine rings is 2. The summed E-state index contributed by atoms with van der Waals surface area (Å²) in [5, 5.41) is 3.53. The zero-order chi connectivity index (χ0) is 12.6. The highest BCUT2D eigenvalue weighted by atomic mass is 32.2. The van der Waals surface area contributed by atoms with E-state index in [2.05, 4.69) is 10.2 Å². The number of rotatable bonds is 1. The molecule has 3 saturated heterocycles. The van der Waals surface area contributed by atoms with Gasteiger partial charge >= 0.3 is 0 Å². The van der Waals surface area contributed by atoms with Gasteiger partial charge in [-0.05, 0) is 50.6 Å². The van der Waals surface area contributed by atoms with Crippen LogP contribution >= 0.6 is 0 Å². The molecule has 0 saturated carbocycles. The highest BCUT2D eigenvalue weighted by molar-refractivity contribution is 7.91. The smallest absolute Gasteiger partial charge is 0.151 e. The van der Waals surface area contributed by atoms with Gasteiger partial charge in [0, 0.05) is 19.1 Å². The Bertz CT molecular complexity index is 396. The molecule has 0 aliphatic carbocycles. The lowest BCUT2D eigenvalue weighted by molar-refractivity contribution is 0.0437. The molecule has 0 radical (unpaired) electrons. The van der Waals surface area contributed by atoms with Crippen LogP contribution in [0.5, 0.6) is 0 Å². The van der Waals surface area contributed by atoms with Crippen molar-refractivity contribution in [3.05, 3.63) is 0 Å². The van der Waals surface area contributed by atoms with Crippen molar-refractivity contribution in [2.24, 2.45) is 5.41 Å². The molecule has 18 heavy (non-hydrogen) atoms. The van der Waals surface area contributed by atoms with Crippen LogP contribution in [0.2, 0.25) is 0 Å². The first-order chi connectivity index (χ1) is 8.59. The topological polar surface area (TPSA) is 49.4 Å². The zero-order valence-corrected chi connectivity index (χ0v) is 11.8. The van der Waals surface area contributed by atoms with Crippen LogP contribution in [-0.4, -0.2) is 57.0 Å². The second-order valence-electron chi connectivity index (χ2n) is 6.41. The highest BCUT2D eigenvalue weighted by Crippen LogP contribution is 2.37. The van der Waals surface area contributed by atoms with Crippen LogP contribution in [0.3, 0.4) is 0 Å². The third-order valence-electron chi connectivity index (χ3n) is 4.98. The van der Waals surface area contributed by atoms with Crippen molar-refractivity contribution in [1.29, 1.82) is 0 Å². The van der Waals surface area contributed by atoms with Crippen LogP contribution in [0.25, 0.3) is 0 Å². The Balaban J connectivity index is 1.67. The van der Waals surface area contributed by atoms with E-state index in [1.807, 2.05) is 0 Å². The van der Waals surface area contributed by atoms with Crippen molar-refractivity contribution < 1.29 is 8.42 Å². The molecule has 3 heterocycles. The molecule has 0 aromatic rings. The summed E-state index contributed by atoms with van der Waals surface area (Å²) in [5.74, 6) is 0.802. The summed E-state index contributed by atoms with van der Waals surface area (Å²) in [6.07, 6.45) is 5.99. The molecular weight excluding hydrogens is 248 g/mol. The van der Waals surface area contributed by atoms with Crippen LogP contribution in [0.15, 0.2) is 0 Å². The Hall–Kier alpha value is -0.130. The maximum absolute atomic E-state index is 11.6. The Morgan fingerprint density at radius 2 is 2.06 bits per heavy atom. The van der Waals surface area contributed by atoms with Gasteiger partial charge in [-0.15, -0.1) is 0 Å². The van der Waals surface area contributed by atoms with Gasteiger partial charge < -0.3 is 5.32 Å². The van der Waals surface area contributed by atoms with Crippen molar-refractivity contribution in [1.82, 2.24) is 10.2 Å². The van der Waals surface area contributed by atoms with Crippen molar-refractivity contribution >= 4 is 9.84 Å². The molecule has 0 amide bonds. The van der Waals surface area contributed by atoms with E-state index in [1.165, 1.54) is 25.7 Å². The second kappa shape index (κ2) is 4.76. The number of hydrogen-bond acceptors (Lipinski definition) is 4. The first-order valence-electron chi connectivity index (χ1n) is 7.24. The predicted octanol–water partition coefficient (Wildman–Crippen LogP) is 0.639. The monoisotopic (exact) mass is 272 g/mol. The molecule has 2 atom stereocenters. The molecule has 3 aliphatic heterocycles. The van der Waals surface area contributed by atoms with Crippen molar-refractivity contribution in [2.45, 2.75) is 38.1 Å². The summed E-state index contributed by atoms with van der Waals surface area (Å²) in [5.41, 5.74) is 0.433. The molecule has 0 bridgehead atoms. The maximum atomic E-state index is 11.6. The third kappa shape index (κ3) is 2.58. The largest absolute Gasteiger partial charge is 0.316 e. The lowest BCUT2D eigenvalue weighted by atomic mass is 9.74. The van der Waals surface area contributed by atoms with Gasteiger partial charge in [-0.2, -0.15) is 0 Å². The number of sulfone groups is 1. The average Bonchev–Trinajstić information content (AvgIpc) is 2.71. The summed E-state index contributed by atoms with van der Waals surface area (Å²) in [6.45, 7) is 4.49. The van der Waals surface area contributed by atoms with Gasteiger partial charge in [-0.25, -0.2) is 8.42 Å². The van der Waals surface area contributed by atoms with Crippen LogP contribution in [0.1, 0.15) is 32.1 Å². The molecule has 3 fully saturated rings. The van der Waals surface area contributed by atoms with E-state index in [9.17, 15) is 8.42 Å². The standard InChI is InChI=1S/C13H24N2O2S/c16-18(17)8-3-12(9-18)15-7-2-5-13(11-15)4-1-6-14-10-13/h12,14H,1-11H2. The Kier molecular flexibility index (Phi) is 3.41. The predicted molar refractivity (Wildman–Crippen MR) is 72.4 cm³/mol. The van der Waals surface area contributed by atoms with E-state index in [4.69, 9.17) is 0 Å². The summed E-state index contributed by atoms with van der Waals surface area (Å²) < 4.78 is 23.2. The molecule has 4 nitrogen and oxygen atoms in total. The van der Waals surface area contributed by atoms with E-state index in [0.29, 0.717) is 23.0 Å². The molecule has 0 aromatic heterocycles. The fourth-order valence-corrected chi connectivity index (χ4v) is 5.76. The van der Waals surface area contributed by atoms with Crippen molar-refractivity contribution in [3.63, 3.8) is 0 Å². The minimum absolute atomic E-state index is 0.300. The summed E-state index contributed by atoms with van der Waals surface area (Å²) in [6, 6.07) is 0.300. The summed E-state index contributed by atoms with van der Waals surface area (Å²) in [7, 11) is -2.74. The van der Waals surface area contributed by atoms with Gasteiger partial charge in [0.05, 0.1) is 11.5 Å². The molecule has 0 aromatic carbocycles. The fourth-order valence-electron chi connectivity index (χ4n) is 4.00. The number of nitrogens with one attached hydrogen (secondary N) is 1. The Morgan fingerprint density at radius 3 is 2.72 bits per heavy atom. The molecule has 1 spiro atoms. The second-order valence-corrected chi connectivity index (χ2v) is 8.64. The molecular formula is C13H24N2O2S. The van der Waals surface area contributed by atoms with E-state index >= 15 is 0 Å². The first-order valence-corrected chi connectivity index (χ1v) is 9.06. The van der Waals surface area contributed by atoms with E-state index in [0.717, 1.165) is 32.6 Å². The SMILES string of the molecule is O=S1(=O)CCC(N2CCCC3(CCCNC3)C2)C1. The molecule has 3 rings (SSSR count). The van der Waals surface area contributed by atoms with Crippen molar-refractivity contribution in [3.8, 4) is 0 Å². The van der Waals surface area contributed by atoms with Crippen LogP contribution < -0.4 is 5.32 Å². The van der Waals surface area contributed by atoms with E-state index < -0.39 is 9.84 Å². The molecule has 5 heteroatoms. The fraction of sp³-hybridized carbons (Fsp3) is 1.00. The van der Waals surface area contributed by atoms with Crippen molar-refractivity contribution in [2.75, 3.05) is 37.7 Å². The highest BCUT2D eigenvalue weighted by Gasteiger charge is 2.41. The quantitative estimate of drug-likeness (QED) is 0.761. The molecule has 104 valence electrons. The van der Waals surface area contributed by atoms with Crippen LogP contribution in [-0.2, 0) is 9.84 Å². The molecule has 3 aliphatic rings. The number of nitrogens with zero attached hydrogens (tertiary/aromatic N) is 1. The average molecular weight is 272 g/mol. The van der Waals surface area contributed by atoms with Crippen LogP contribution in [0.4, 0.5) is 0 Å². The first kappa shape index (κ1) is 12.9. The lowest BCUT2D eigenvalue weighted by Crippen LogP contribution is -2.53. The molecule has 1 N–H and O–H groups in total. The Morgan fingerprint density at radius 1 is 1.22 bits per heavy atom. The Labute approximate surface area is 110 Å². The van der Waals surface area contributed by atoms with Crippen LogP contribution in [0, 0.1) is 5.41 Å². The van der Waals surface area contributed by atoms with Gasteiger partial charge in [0.1, 0.15) is 0 Å². The number of hydrogen-bond donors (Lipinski definition) is 1. The number of likely N-dealkylation sites (tertiary alicyclic amines) is 1. The lowest BCUT2D eigenvalue weighted by Gasteiger charge is -2.47. The van der Waals surface area contributed by atoms with E-state index in [-0.39, 0.29) is 0 Å². The summed E-state index contributed by atoms with van der Waals surface area (Å²) >= 11 is 0. The minimum Gasteiger partial charge on any atom is -0.316 e. The van der Waals surface area contributed by atoms with Gasteiger partial charge in [-0.3, -0.25) is 4.90 Å². The maximum Gasteiger partial charge on any atom is 0.151 e. The normalized spacial score (nSPS) is 41.2. The van der Waals surface area contributed by atoms with Gasteiger partial charge in [0.15, 0.2) is 9.84 Å². The van der Waals surface area contributed by atoms with E-state index in [1.54, 1.807) is 0 Å². The zero-order valence-electron chi connectivity index (χ0n) is 11.0. The molecule has 2 unspecified atom stereocenters. The third-order valence-corrected chi connectivity index (χ3v) is 6.73.